The number of aromatic nitrogens is 4. The Kier molecular flexibility index (Phi) is 5.88. The Morgan fingerprint density at radius 3 is 1.60 bits per heavy atom. The van der Waals surface area contributed by atoms with Crippen molar-refractivity contribution in [2.24, 2.45) is 14.1 Å². The normalized spacial score (nSPS) is 13.9. The zero-order valence-electron chi connectivity index (χ0n) is 22.8. The molecular formula is C31H28BrN5O3. The van der Waals surface area contributed by atoms with Crippen molar-refractivity contribution in [1.82, 2.24) is 18.7 Å². The Morgan fingerprint density at radius 1 is 0.700 bits per heavy atom. The summed E-state index contributed by atoms with van der Waals surface area (Å²) in [5, 5.41) is 3.03. The topological polar surface area (TPSA) is 83.0 Å². The van der Waals surface area contributed by atoms with Crippen molar-refractivity contribution < 1.29 is 4.79 Å². The van der Waals surface area contributed by atoms with Gasteiger partial charge in [0.15, 0.2) is 0 Å². The van der Waals surface area contributed by atoms with Crippen molar-refractivity contribution in [3.63, 3.8) is 0 Å². The summed E-state index contributed by atoms with van der Waals surface area (Å²) in [7, 11) is 3.59. The third kappa shape index (κ3) is 3.33. The van der Waals surface area contributed by atoms with E-state index in [0.29, 0.717) is 38.5 Å². The number of amides is 1. The molecule has 9 heteroatoms. The number of nitrogens with zero attached hydrogens (tertiary/aromatic N) is 4. The molecule has 40 heavy (non-hydrogen) atoms. The number of fused-ring (bicyclic) bond motifs is 1. The largest absolute Gasteiger partial charge is 0.323 e. The highest BCUT2D eigenvalue weighted by molar-refractivity contribution is 9.10. The van der Waals surface area contributed by atoms with Gasteiger partial charge in [0.25, 0.3) is 11.1 Å². The summed E-state index contributed by atoms with van der Waals surface area (Å²) in [6, 6.07) is 22.4. The van der Waals surface area contributed by atoms with Gasteiger partial charge in [-0.1, -0.05) is 42.5 Å². The summed E-state index contributed by atoms with van der Waals surface area (Å²) in [4.78, 5) is 43.5. The Balaban J connectivity index is 1.81. The maximum atomic E-state index is 14.5. The molecule has 202 valence electrons. The summed E-state index contributed by atoms with van der Waals surface area (Å²) in [6.45, 7) is 5.57. The van der Waals surface area contributed by atoms with Gasteiger partial charge in [-0.05, 0) is 72.6 Å². The number of benzene rings is 3. The van der Waals surface area contributed by atoms with Crippen LogP contribution in [0.25, 0.3) is 11.4 Å². The van der Waals surface area contributed by atoms with Crippen LogP contribution in [0.15, 0.2) is 86.9 Å². The quantitative estimate of drug-likeness (QED) is 0.328. The molecule has 0 unspecified atom stereocenters. The number of hydrogen-bond acceptors (Lipinski definition) is 3. The molecule has 8 nitrogen and oxygen atoms in total. The van der Waals surface area contributed by atoms with Gasteiger partial charge in [-0.15, -0.1) is 0 Å². The lowest BCUT2D eigenvalue weighted by Crippen LogP contribution is -2.45. The third-order valence-electron chi connectivity index (χ3n) is 8.08. The van der Waals surface area contributed by atoms with E-state index in [9.17, 15) is 14.4 Å². The van der Waals surface area contributed by atoms with Crippen LogP contribution >= 0.6 is 15.9 Å². The molecule has 3 aromatic carbocycles. The first-order valence-corrected chi connectivity index (χ1v) is 13.7. The van der Waals surface area contributed by atoms with Crippen molar-refractivity contribution in [1.29, 1.82) is 0 Å². The SMILES string of the molecule is Cc1cc(Br)c2c(c1)C(c1c(C)n(C)n(-c3ccccc3)c1=O)(c1c(C)n(C)n(-c3ccccc3)c1=O)C(=O)N2. The van der Waals surface area contributed by atoms with Gasteiger partial charge in [-0.3, -0.25) is 23.7 Å². The van der Waals surface area contributed by atoms with Crippen LogP contribution in [0.4, 0.5) is 5.69 Å². The number of rotatable bonds is 4. The maximum Gasteiger partial charge on any atom is 0.276 e. The zero-order chi connectivity index (χ0) is 28.5. The van der Waals surface area contributed by atoms with Crippen molar-refractivity contribution >= 4 is 27.5 Å². The molecule has 0 spiro atoms. The molecule has 2 aromatic heterocycles. The second kappa shape index (κ2) is 9.09. The molecule has 0 saturated carbocycles. The highest BCUT2D eigenvalue weighted by Crippen LogP contribution is 2.50. The molecule has 6 rings (SSSR count). The molecule has 0 saturated heterocycles. The Hall–Kier alpha value is -4.37. The number of aryl methyl sites for hydroxylation is 1. The van der Waals surface area contributed by atoms with E-state index >= 15 is 0 Å². The first-order chi connectivity index (χ1) is 19.1. The predicted molar refractivity (Wildman–Crippen MR) is 159 cm³/mol. The highest BCUT2D eigenvalue weighted by atomic mass is 79.9. The number of anilines is 1. The van der Waals surface area contributed by atoms with Crippen LogP contribution in [0, 0.1) is 20.8 Å². The van der Waals surface area contributed by atoms with Gasteiger partial charge < -0.3 is 5.32 Å². The minimum Gasteiger partial charge on any atom is -0.323 e. The van der Waals surface area contributed by atoms with E-state index in [0.717, 1.165) is 5.56 Å². The molecule has 0 fully saturated rings. The first-order valence-electron chi connectivity index (χ1n) is 12.9. The average molecular weight is 599 g/mol. The molecule has 0 radical (unpaired) electrons. The lowest BCUT2D eigenvalue weighted by molar-refractivity contribution is -0.118. The van der Waals surface area contributed by atoms with Gasteiger partial charge in [-0.2, -0.15) is 0 Å². The van der Waals surface area contributed by atoms with Crippen molar-refractivity contribution in [2.45, 2.75) is 26.2 Å². The van der Waals surface area contributed by atoms with Gasteiger partial charge >= 0.3 is 0 Å². The molecule has 1 aliphatic rings. The number of hydrogen-bond donors (Lipinski definition) is 1. The molecule has 1 amide bonds. The molecule has 1 N–H and O–H groups in total. The van der Waals surface area contributed by atoms with Gasteiger partial charge in [0.2, 0.25) is 5.91 Å². The molecule has 0 bridgehead atoms. The Morgan fingerprint density at radius 2 is 1.15 bits per heavy atom. The molecule has 3 heterocycles. The van der Waals surface area contributed by atoms with Crippen LogP contribution < -0.4 is 16.4 Å². The maximum absolute atomic E-state index is 14.5. The van der Waals surface area contributed by atoms with Gasteiger partial charge in [0, 0.05) is 35.5 Å². The van der Waals surface area contributed by atoms with Crippen LogP contribution in [0.1, 0.15) is 33.6 Å². The van der Waals surface area contributed by atoms with Gasteiger partial charge in [0.05, 0.1) is 28.2 Å². The number of nitrogens with one attached hydrogen (secondary N) is 1. The third-order valence-corrected chi connectivity index (χ3v) is 8.70. The van der Waals surface area contributed by atoms with E-state index in [-0.39, 0.29) is 22.2 Å². The van der Waals surface area contributed by atoms with Crippen LogP contribution in [0.3, 0.4) is 0 Å². The summed E-state index contributed by atoms with van der Waals surface area (Å²) in [5.74, 6) is -0.439. The molecular weight excluding hydrogens is 570 g/mol. The predicted octanol–water partition coefficient (Wildman–Crippen LogP) is 4.64. The van der Waals surface area contributed by atoms with E-state index < -0.39 is 11.3 Å². The molecule has 1 aliphatic heterocycles. The van der Waals surface area contributed by atoms with E-state index in [4.69, 9.17) is 0 Å². The minimum absolute atomic E-state index is 0.249. The van der Waals surface area contributed by atoms with Crippen LogP contribution in [0.2, 0.25) is 0 Å². The fraction of sp³-hybridized carbons (Fsp3) is 0.194. The smallest absolute Gasteiger partial charge is 0.276 e. The fourth-order valence-electron chi connectivity index (χ4n) is 6.12. The lowest BCUT2D eigenvalue weighted by atomic mass is 9.70. The first kappa shape index (κ1) is 25.9. The summed E-state index contributed by atoms with van der Waals surface area (Å²) in [6.07, 6.45) is 0. The fourth-order valence-corrected chi connectivity index (χ4v) is 6.79. The Labute approximate surface area is 239 Å². The van der Waals surface area contributed by atoms with Gasteiger partial charge in [0.1, 0.15) is 5.41 Å². The van der Waals surface area contributed by atoms with Crippen molar-refractivity contribution in [3.8, 4) is 11.4 Å². The van der Waals surface area contributed by atoms with Crippen LogP contribution in [-0.4, -0.2) is 24.6 Å². The van der Waals surface area contributed by atoms with E-state index in [1.54, 1.807) is 32.8 Å². The van der Waals surface area contributed by atoms with Gasteiger partial charge in [-0.25, -0.2) is 9.36 Å². The second-order valence-corrected chi connectivity index (χ2v) is 11.1. The number of para-hydroxylation sites is 2. The summed E-state index contributed by atoms with van der Waals surface area (Å²) < 4.78 is 7.29. The van der Waals surface area contributed by atoms with E-state index in [1.165, 1.54) is 0 Å². The molecule has 0 aliphatic carbocycles. The average Bonchev–Trinajstić information content (AvgIpc) is 3.43. The van der Waals surface area contributed by atoms with E-state index in [1.807, 2.05) is 93.6 Å². The van der Waals surface area contributed by atoms with Crippen molar-refractivity contribution in [2.75, 3.05) is 5.32 Å². The summed E-state index contributed by atoms with van der Waals surface area (Å²) >= 11 is 3.62. The zero-order valence-corrected chi connectivity index (χ0v) is 24.4. The number of halogens is 1. The number of carbonyl (C=O) groups is 1. The number of carbonyl (C=O) groups excluding carboxylic acids is 1. The highest BCUT2D eigenvalue weighted by Gasteiger charge is 2.57. The summed E-state index contributed by atoms with van der Waals surface area (Å²) in [5.41, 5.74) is 2.60. The van der Waals surface area contributed by atoms with Crippen LogP contribution in [-0.2, 0) is 24.3 Å². The van der Waals surface area contributed by atoms with Crippen LogP contribution in [0.5, 0.6) is 0 Å². The standard InChI is InChI=1S/C31H28BrN5O3/c1-18-16-23-27(24(32)17-18)33-30(40)31(23,25-19(2)34(4)36(28(25)38)21-12-8-6-9-13-21)26-20(3)35(5)37(29(26)39)22-14-10-7-11-15-22/h6-17H,1-5H3,(H,33,40). The monoisotopic (exact) mass is 597 g/mol. The molecule has 5 aromatic rings. The minimum atomic E-state index is -1.69. The molecule has 0 atom stereocenters. The Bertz CT molecular complexity index is 1840. The van der Waals surface area contributed by atoms with E-state index in [2.05, 4.69) is 21.2 Å². The van der Waals surface area contributed by atoms with Crippen molar-refractivity contribution in [3.05, 3.63) is 132 Å². The lowest BCUT2D eigenvalue weighted by Gasteiger charge is -2.27. The second-order valence-electron chi connectivity index (χ2n) is 10.2.